The molecule has 3 nitrogen and oxygen atoms in total. The van der Waals surface area contributed by atoms with Crippen molar-refractivity contribution >= 4 is 5.97 Å². The molecular formula is C20H34O3. The minimum absolute atomic E-state index is 0.0573. The summed E-state index contributed by atoms with van der Waals surface area (Å²) in [4.78, 5) is 12.0. The molecule has 0 N–H and O–H groups in total. The average Bonchev–Trinajstić information content (AvgIpc) is 2.40. The van der Waals surface area contributed by atoms with Crippen molar-refractivity contribution in [2.24, 2.45) is 34.5 Å². The standard InChI is InChI=1S/C20H34O3/c1-14(8-19(2,3)4)18(21)23-13-22-12-20-9-15-5-16(10-20)7-17(6-15)11-20/h14-17H,5-13H2,1-4H3. The molecule has 4 bridgehead atoms. The van der Waals surface area contributed by atoms with Gasteiger partial charge in [-0.15, -0.1) is 0 Å². The first-order chi connectivity index (χ1) is 10.7. The molecule has 3 heteroatoms. The fourth-order valence-corrected chi connectivity index (χ4v) is 5.97. The summed E-state index contributed by atoms with van der Waals surface area (Å²) < 4.78 is 11.2. The first-order valence-corrected chi connectivity index (χ1v) is 9.49. The van der Waals surface area contributed by atoms with E-state index in [0.29, 0.717) is 5.41 Å². The monoisotopic (exact) mass is 322 g/mol. The second-order valence-corrected chi connectivity index (χ2v) is 10.0. The zero-order valence-electron chi connectivity index (χ0n) is 15.4. The Labute approximate surface area is 141 Å². The van der Waals surface area contributed by atoms with Crippen LogP contribution in [0.4, 0.5) is 0 Å². The molecule has 4 aliphatic carbocycles. The van der Waals surface area contributed by atoms with Crippen LogP contribution in [0.5, 0.6) is 0 Å². The molecule has 0 amide bonds. The van der Waals surface area contributed by atoms with Gasteiger partial charge in [0.15, 0.2) is 6.79 Å². The fraction of sp³-hybridized carbons (Fsp3) is 0.950. The summed E-state index contributed by atoms with van der Waals surface area (Å²) in [5, 5.41) is 0. The van der Waals surface area contributed by atoms with Crippen molar-refractivity contribution in [2.45, 2.75) is 72.6 Å². The zero-order chi connectivity index (χ0) is 16.7. The third-order valence-electron chi connectivity index (χ3n) is 6.18. The van der Waals surface area contributed by atoms with Crippen LogP contribution in [-0.4, -0.2) is 19.4 Å². The third-order valence-corrected chi connectivity index (χ3v) is 6.18. The van der Waals surface area contributed by atoms with Gasteiger partial charge >= 0.3 is 5.97 Å². The molecule has 1 unspecified atom stereocenters. The number of hydrogen-bond acceptors (Lipinski definition) is 3. The van der Waals surface area contributed by atoms with Crippen LogP contribution in [-0.2, 0) is 14.3 Å². The van der Waals surface area contributed by atoms with Crippen LogP contribution < -0.4 is 0 Å². The van der Waals surface area contributed by atoms with Crippen LogP contribution in [0, 0.1) is 34.5 Å². The fourth-order valence-electron chi connectivity index (χ4n) is 5.97. The Morgan fingerprint density at radius 3 is 2.09 bits per heavy atom. The molecule has 4 fully saturated rings. The van der Waals surface area contributed by atoms with Gasteiger partial charge in [-0.1, -0.05) is 27.7 Å². The molecule has 0 spiro atoms. The summed E-state index contributed by atoms with van der Waals surface area (Å²) >= 11 is 0. The lowest BCUT2D eigenvalue weighted by Crippen LogP contribution is -2.48. The van der Waals surface area contributed by atoms with Crippen molar-refractivity contribution in [1.82, 2.24) is 0 Å². The second-order valence-electron chi connectivity index (χ2n) is 10.0. The van der Waals surface area contributed by atoms with E-state index in [0.717, 1.165) is 30.8 Å². The summed E-state index contributed by atoms with van der Waals surface area (Å²) in [6.45, 7) is 9.33. The number of rotatable bonds is 6. The summed E-state index contributed by atoms with van der Waals surface area (Å²) in [7, 11) is 0. The number of esters is 1. The predicted octanol–water partition coefficient (Wildman–Crippen LogP) is 4.79. The molecule has 0 aromatic carbocycles. The van der Waals surface area contributed by atoms with E-state index in [1.807, 2.05) is 6.92 Å². The quantitative estimate of drug-likeness (QED) is 0.400. The zero-order valence-corrected chi connectivity index (χ0v) is 15.4. The highest BCUT2D eigenvalue weighted by molar-refractivity contribution is 5.71. The van der Waals surface area contributed by atoms with Gasteiger partial charge in [-0.05, 0) is 73.5 Å². The average molecular weight is 322 g/mol. The predicted molar refractivity (Wildman–Crippen MR) is 90.8 cm³/mol. The molecule has 4 saturated carbocycles. The molecule has 0 aromatic heterocycles. The number of ether oxygens (including phenoxy) is 2. The largest absolute Gasteiger partial charge is 0.438 e. The number of carbonyl (C=O) groups excluding carboxylic acids is 1. The van der Waals surface area contributed by atoms with Crippen LogP contribution in [0.1, 0.15) is 72.6 Å². The van der Waals surface area contributed by atoms with E-state index in [9.17, 15) is 4.79 Å². The summed E-state index contributed by atoms with van der Waals surface area (Å²) in [6, 6.07) is 0. The first kappa shape index (κ1) is 17.3. The lowest BCUT2D eigenvalue weighted by atomic mass is 9.50. The molecule has 0 heterocycles. The normalized spacial score (nSPS) is 37.0. The van der Waals surface area contributed by atoms with Gasteiger partial charge in [0.2, 0.25) is 0 Å². The lowest BCUT2D eigenvalue weighted by Gasteiger charge is -2.56. The molecule has 1 atom stereocenters. The molecular weight excluding hydrogens is 288 g/mol. The summed E-state index contributed by atoms with van der Waals surface area (Å²) in [5.74, 6) is 2.65. The van der Waals surface area contributed by atoms with Crippen LogP contribution in [0.15, 0.2) is 0 Å². The maximum atomic E-state index is 12.0. The van der Waals surface area contributed by atoms with E-state index >= 15 is 0 Å². The summed E-state index contributed by atoms with van der Waals surface area (Å²) in [5.41, 5.74) is 0.552. The second kappa shape index (κ2) is 6.38. The van der Waals surface area contributed by atoms with Gasteiger partial charge < -0.3 is 9.47 Å². The summed E-state index contributed by atoms with van der Waals surface area (Å²) in [6.07, 6.45) is 9.24. The molecule has 132 valence electrons. The van der Waals surface area contributed by atoms with Crippen molar-refractivity contribution in [3.8, 4) is 0 Å². The highest BCUT2D eigenvalue weighted by Crippen LogP contribution is 2.60. The first-order valence-electron chi connectivity index (χ1n) is 9.49. The van der Waals surface area contributed by atoms with Crippen molar-refractivity contribution < 1.29 is 14.3 Å². The van der Waals surface area contributed by atoms with Gasteiger partial charge in [0.1, 0.15) is 0 Å². The highest BCUT2D eigenvalue weighted by atomic mass is 16.7. The van der Waals surface area contributed by atoms with E-state index in [4.69, 9.17) is 9.47 Å². The maximum Gasteiger partial charge on any atom is 0.310 e. The Morgan fingerprint density at radius 1 is 1.09 bits per heavy atom. The Kier molecular flexibility index (Phi) is 4.79. The van der Waals surface area contributed by atoms with Crippen LogP contribution in [0.3, 0.4) is 0 Å². The minimum Gasteiger partial charge on any atom is -0.438 e. The van der Waals surface area contributed by atoms with E-state index in [1.54, 1.807) is 0 Å². The topological polar surface area (TPSA) is 35.5 Å². The minimum atomic E-state index is -0.120. The molecule has 0 radical (unpaired) electrons. The number of carbonyl (C=O) groups is 1. The van der Waals surface area contributed by atoms with Crippen LogP contribution in [0.2, 0.25) is 0 Å². The van der Waals surface area contributed by atoms with Gasteiger partial charge in [-0.3, -0.25) is 4.79 Å². The molecule has 4 rings (SSSR count). The smallest absolute Gasteiger partial charge is 0.310 e. The van der Waals surface area contributed by atoms with Gasteiger partial charge in [0, 0.05) is 0 Å². The van der Waals surface area contributed by atoms with Crippen LogP contribution in [0.25, 0.3) is 0 Å². The van der Waals surface area contributed by atoms with Crippen molar-refractivity contribution in [3.63, 3.8) is 0 Å². The van der Waals surface area contributed by atoms with E-state index in [1.165, 1.54) is 38.5 Å². The third kappa shape index (κ3) is 4.29. The van der Waals surface area contributed by atoms with Crippen molar-refractivity contribution in [3.05, 3.63) is 0 Å². The van der Waals surface area contributed by atoms with E-state index < -0.39 is 0 Å². The molecule has 4 aliphatic rings. The molecule has 0 aromatic rings. The Hall–Kier alpha value is -0.570. The van der Waals surface area contributed by atoms with Gasteiger partial charge in [-0.25, -0.2) is 0 Å². The molecule has 0 saturated heterocycles. The van der Waals surface area contributed by atoms with Gasteiger partial charge in [0.25, 0.3) is 0 Å². The van der Waals surface area contributed by atoms with Gasteiger partial charge in [0.05, 0.1) is 12.5 Å². The van der Waals surface area contributed by atoms with E-state index in [2.05, 4.69) is 20.8 Å². The number of hydrogen-bond donors (Lipinski definition) is 0. The molecule has 0 aliphatic heterocycles. The Balaban J connectivity index is 1.39. The van der Waals surface area contributed by atoms with Crippen LogP contribution >= 0.6 is 0 Å². The molecule has 23 heavy (non-hydrogen) atoms. The highest BCUT2D eigenvalue weighted by Gasteiger charge is 2.50. The SMILES string of the molecule is CC(CC(C)(C)C)C(=O)OCOCC12CC3CC(CC(C3)C1)C2. The maximum absolute atomic E-state index is 12.0. The van der Waals surface area contributed by atoms with Crippen molar-refractivity contribution in [2.75, 3.05) is 13.4 Å². The van der Waals surface area contributed by atoms with Gasteiger partial charge in [-0.2, -0.15) is 0 Å². The Morgan fingerprint density at radius 2 is 1.61 bits per heavy atom. The van der Waals surface area contributed by atoms with E-state index in [-0.39, 0.29) is 24.1 Å². The Bertz CT molecular complexity index is 399. The lowest BCUT2D eigenvalue weighted by molar-refractivity contribution is -0.170. The van der Waals surface area contributed by atoms with Crippen molar-refractivity contribution in [1.29, 1.82) is 0 Å².